The molecule has 0 spiro atoms. The van der Waals surface area contributed by atoms with Crippen molar-refractivity contribution in [3.8, 4) is 0 Å². The molecule has 1 aromatic carbocycles. The lowest BCUT2D eigenvalue weighted by molar-refractivity contribution is -0.129. The standard InChI is InChI=1S/C17H19N3O/c1-19-9-10-20(13-17(19)21)16-8-7-15(12-18-16)11-14-5-3-2-4-6-14/h2-8,12H,9-11,13H2,1H3. The van der Waals surface area contributed by atoms with Crippen LogP contribution in [-0.4, -0.2) is 42.5 Å². The number of pyridine rings is 1. The smallest absolute Gasteiger partial charge is 0.241 e. The van der Waals surface area contributed by atoms with Crippen molar-refractivity contribution in [2.24, 2.45) is 0 Å². The van der Waals surface area contributed by atoms with Gasteiger partial charge in [-0.3, -0.25) is 4.79 Å². The number of carbonyl (C=O) groups is 1. The van der Waals surface area contributed by atoms with E-state index in [2.05, 4.69) is 23.2 Å². The molecule has 1 aliphatic heterocycles. The largest absolute Gasteiger partial charge is 0.346 e. The van der Waals surface area contributed by atoms with Crippen molar-refractivity contribution >= 4 is 11.7 Å². The molecule has 0 radical (unpaired) electrons. The van der Waals surface area contributed by atoms with Gasteiger partial charge in [-0.15, -0.1) is 0 Å². The molecule has 4 nitrogen and oxygen atoms in total. The number of hydrogen-bond donors (Lipinski definition) is 0. The molecule has 21 heavy (non-hydrogen) atoms. The van der Waals surface area contributed by atoms with E-state index in [-0.39, 0.29) is 5.91 Å². The van der Waals surface area contributed by atoms with Crippen LogP contribution in [0.25, 0.3) is 0 Å². The van der Waals surface area contributed by atoms with Crippen LogP contribution in [0.15, 0.2) is 48.7 Å². The molecule has 1 aliphatic rings. The molecule has 1 fully saturated rings. The van der Waals surface area contributed by atoms with Gasteiger partial charge in [0.05, 0.1) is 6.54 Å². The molecule has 0 unspecified atom stereocenters. The summed E-state index contributed by atoms with van der Waals surface area (Å²) in [6.45, 7) is 2.01. The number of aromatic nitrogens is 1. The second-order valence-corrected chi connectivity index (χ2v) is 5.42. The number of hydrogen-bond acceptors (Lipinski definition) is 3. The molecule has 0 atom stereocenters. The van der Waals surface area contributed by atoms with E-state index >= 15 is 0 Å². The van der Waals surface area contributed by atoms with Gasteiger partial charge in [0.2, 0.25) is 5.91 Å². The summed E-state index contributed by atoms with van der Waals surface area (Å²) in [5.41, 5.74) is 2.47. The molecule has 1 aromatic heterocycles. The monoisotopic (exact) mass is 281 g/mol. The van der Waals surface area contributed by atoms with Gasteiger partial charge in [0, 0.05) is 26.3 Å². The molecule has 4 heteroatoms. The predicted molar refractivity (Wildman–Crippen MR) is 83.3 cm³/mol. The quantitative estimate of drug-likeness (QED) is 0.863. The highest BCUT2D eigenvalue weighted by atomic mass is 16.2. The lowest BCUT2D eigenvalue weighted by atomic mass is 10.1. The first-order chi connectivity index (χ1) is 10.2. The highest BCUT2D eigenvalue weighted by molar-refractivity contribution is 5.82. The van der Waals surface area contributed by atoms with Crippen LogP contribution < -0.4 is 4.90 Å². The minimum Gasteiger partial charge on any atom is -0.346 e. The van der Waals surface area contributed by atoms with Gasteiger partial charge < -0.3 is 9.80 Å². The van der Waals surface area contributed by atoms with Crippen LogP contribution in [0.2, 0.25) is 0 Å². The van der Waals surface area contributed by atoms with Crippen molar-refractivity contribution in [2.75, 3.05) is 31.6 Å². The fraction of sp³-hybridized carbons (Fsp3) is 0.294. The number of likely N-dealkylation sites (N-methyl/N-ethyl adjacent to an activating group) is 1. The molecule has 0 aliphatic carbocycles. The summed E-state index contributed by atoms with van der Waals surface area (Å²) in [5, 5.41) is 0. The van der Waals surface area contributed by atoms with E-state index in [1.807, 2.05) is 42.4 Å². The van der Waals surface area contributed by atoms with Crippen molar-refractivity contribution in [1.82, 2.24) is 9.88 Å². The Morgan fingerprint density at radius 2 is 1.86 bits per heavy atom. The zero-order valence-corrected chi connectivity index (χ0v) is 12.2. The third-order valence-electron chi connectivity index (χ3n) is 3.84. The normalized spacial score (nSPS) is 15.4. The summed E-state index contributed by atoms with van der Waals surface area (Å²) in [5.74, 6) is 1.03. The van der Waals surface area contributed by atoms with Gasteiger partial charge in [0.1, 0.15) is 5.82 Å². The van der Waals surface area contributed by atoms with Crippen LogP contribution in [0.1, 0.15) is 11.1 Å². The van der Waals surface area contributed by atoms with E-state index in [1.165, 1.54) is 11.1 Å². The van der Waals surface area contributed by atoms with Crippen molar-refractivity contribution in [3.05, 3.63) is 59.8 Å². The van der Waals surface area contributed by atoms with E-state index in [1.54, 1.807) is 4.90 Å². The molecule has 0 bridgehead atoms. The van der Waals surface area contributed by atoms with E-state index in [0.29, 0.717) is 6.54 Å². The maximum atomic E-state index is 11.7. The third kappa shape index (κ3) is 3.21. The minimum atomic E-state index is 0.149. The zero-order valence-electron chi connectivity index (χ0n) is 12.2. The molecular formula is C17H19N3O. The molecule has 1 amide bonds. The fourth-order valence-electron chi connectivity index (χ4n) is 2.49. The zero-order chi connectivity index (χ0) is 14.7. The maximum absolute atomic E-state index is 11.7. The molecule has 108 valence electrons. The Bertz CT molecular complexity index is 610. The van der Waals surface area contributed by atoms with Crippen LogP contribution in [0, 0.1) is 0 Å². The van der Waals surface area contributed by atoms with Gasteiger partial charge in [-0.1, -0.05) is 36.4 Å². The van der Waals surface area contributed by atoms with Gasteiger partial charge in [0.15, 0.2) is 0 Å². The highest BCUT2D eigenvalue weighted by Gasteiger charge is 2.21. The second-order valence-electron chi connectivity index (χ2n) is 5.42. The lowest BCUT2D eigenvalue weighted by Crippen LogP contribution is -2.48. The minimum absolute atomic E-state index is 0.149. The number of nitrogens with zero attached hydrogens (tertiary/aromatic N) is 3. The number of piperazine rings is 1. The van der Waals surface area contributed by atoms with Crippen LogP contribution in [0.3, 0.4) is 0 Å². The first-order valence-electron chi connectivity index (χ1n) is 7.20. The molecule has 2 aromatic rings. The topological polar surface area (TPSA) is 36.4 Å². The Morgan fingerprint density at radius 3 is 2.52 bits per heavy atom. The molecular weight excluding hydrogens is 262 g/mol. The molecule has 0 saturated carbocycles. The summed E-state index contributed by atoms with van der Waals surface area (Å²) >= 11 is 0. The Labute approximate surface area is 125 Å². The lowest BCUT2D eigenvalue weighted by Gasteiger charge is -2.32. The van der Waals surface area contributed by atoms with Crippen molar-refractivity contribution in [2.45, 2.75) is 6.42 Å². The Hall–Kier alpha value is -2.36. The van der Waals surface area contributed by atoms with Crippen molar-refractivity contribution < 1.29 is 4.79 Å². The molecule has 3 rings (SSSR count). The van der Waals surface area contributed by atoms with E-state index < -0.39 is 0 Å². The number of anilines is 1. The Kier molecular flexibility index (Phi) is 3.86. The van der Waals surface area contributed by atoms with Gasteiger partial charge >= 0.3 is 0 Å². The molecule has 2 heterocycles. The summed E-state index contributed by atoms with van der Waals surface area (Å²) in [4.78, 5) is 20.1. The average Bonchev–Trinajstić information content (AvgIpc) is 2.52. The van der Waals surface area contributed by atoms with Gasteiger partial charge in [0.25, 0.3) is 0 Å². The number of rotatable bonds is 3. The maximum Gasteiger partial charge on any atom is 0.241 e. The first kappa shape index (κ1) is 13.6. The van der Waals surface area contributed by atoms with Crippen LogP contribution in [-0.2, 0) is 11.2 Å². The fourth-order valence-corrected chi connectivity index (χ4v) is 2.49. The Balaban J connectivity index is 1.68. The van der Waals surface area contributed by atoms with Gasteiger partial charge in [-0.05, 0) is 23.6 Å². The van der Waals surface area contributed by atoms with E-state index in [0.717, 1.165) is 25.3 Å². The van der Waals surface area contributed by atoms with Crippen molar-refractivity contribution in [1.29, 1.82) is 0 Å². The highest BCUT2D eigenvalue weighted by Crippen LogP contribution is 2.16. The third-order valence-corrected chi connectivity index (χ3v) is 3.84. The van der Waals surface area contributed by atoms with Crippen molar-refractivity contribution in [3.63, 3.8) is 0 Å². The van der Waals surface area contributed by atoms with E-state index in [9.17, 15) is 4.79 Å². The number of carbonyl (C=O) groups excluding carboxylic acids is 1. The predicted octanol–water partition coefficient (Wildman–Crippen LogP) is 1.95. The molecule has 0 N–H and O–H groups in total. The Morgan fingerprint density at radius 1 is 1.05 bits per heavy atom. The average molecular weight is 281 g/mol. The van der Waals surface area contributed by atoms with Gasteiger partial charge in [-0.25, -0.2) is 4.98 Å². The molecule has 1 saturated heterocycles. The van der Waals surface area contributed by atoms with Gasteiger partial charge in [-0.2, -0.15) is 0 Å². The SMILES string of the molecule is CN1CCN(c2ccc(Cc3ccccc3)cn2)CC1=O. The van der Waals surface area contributed by atoms with E-state index in [4.69, 9.17) is 0 Å². The number of benzene rings is 1. The second kappa shape index (κ2) is 5.95. The van der Waals surface area contributed by atoms with Crippen LogP contribution in [0.4, 0.5) is 5.82 Å². The van der Waals surface area contributed by atoms with Crippen LogP contribution in [0.5, 0.6) is 0 Å². The number of amides is 1. The summed E-state index contributed by atoms with van der Waals surface area (Å²) < 4.78 is 0. The summed E-state index contributed by atoms with van der Waals surface area (Å²) in [6.07, 6.45) is 2.79. The first-order valence-corrected chi connectivity index (χ1v) is 7.20. The van der Waals surface area contributed by atoms with Crippen LogP contribution >= 0.6 is 0 Å². The summed E-state index contributed by atoms with van der Waals surface area (Å²) in [7, 11) is 1.84. The summed E-state index contributed by atoms with van der Waals surface area (Å²) in [6, 6.07) is 14.5.